The molecule has 2 rings (SSSR count). The van der Waals surface area contributed by atoms with E-state index < -0.39 is 0 Å². The number of nitrogens with one attached hydrogen (secondary N) is 1. The summed E-state index contributed by atoms with van der Waals surface area (Å²) in [6, 6.07) is 1.57. The normalized spacial score (nSPS) is 28.6. The van der Waals surface area contributed by atoms with Crippen molar-refractivity contribution < 1.29 is 0 Å². The summed E-state index contributed by atoms with van der Waals surface area (Å²) >= 11 is 0. The van der Waals surface area contributed by atoms with Gasteiger partial charge in [-0.2, -0.15) is 0 Å². The molecule has 100 valence electrons. The number of nitrogens with zero attached hydrogens (tertiary/aromatic N) is 2. The summed E-state index contributed by atoms with van der Waals surface area (Å²) in [5, 5.41) is 3.72. The molecule has 1 aliphatic heterocycles. The number of hydrogen-bond acceptors (Lipinski definition) is 3. The van der Waals surface area contributed by atoms with Gasteiger partial charge in [-0.25, -0.2) is 0 Å². The summed E-state index contributed by atoms with van der Waals surface area (Å²) in [6.07, 6.45) is 5.60. The van der Waals surface area contributed by atoms with E-state index in [0.717, 1.165) is 18.5 Å². The minimum atomic E-state index is 0.672. The molecular formula is C14H29N3. The van der Waals surface area contributed by atoms with Crippen molar-refractivity contribution in [2.75, 3.05) is 40.3 Å². The maximum Gasteiger partial charge on any atom is 0.0107 e. The Bertz CT molecular complexity index is 228. The Morgan fingerprint density at radius 1 is 1.35 bits per heavy atom. The highest BCUT2D eigenvalue weighted by atomic mass is 15.2. The van der Waals surface area contributed by atoms with Crippen LogP contribution in [0.15, 0.2) is 0 Å². The molecular weight excluding hydrogens is 210 g/mol. The summed E-state index contributed by atoms with van der Waals surface area (Å²) in [5.74, 6) is 0.847. The topological polar surface area (TPSA) is 18.5 Å². The first-order valence-electron chi connectivity index (χ1n) is 7.29. The zero-order valence-corrected chi connectivity index (χ0v) is 11.8. The van der Waals surface area contributed by atoms with Crippen LogP contribution in [0.5, 0.6) is 0 Å². The van der Waals surface area contributed by atoms with E-state index in [0.29, 0.717) is 6.04 Å². The molecule has 1 saturated carbocycles. The largest absolute Gasteiger partial charge is 0.313 e. The lowest BCUT2D eigenvalue weighted by Gasteiger charge is -2.34. The van der Waals surface area contributed by atoms with Gasteiger partial charge in [0.2, 0.25) is 0 Å². The molecule has 0 aromatic rings. The molecule has 2 fully saturated rings. The van der Waals surface area contributed by atoms with E-state index in [9.17, 15) is 0 Å². The molecule has 2 unspecified atom stereocenters. The molecule has 1 heterocycles. The van der Waals surface area contributed by atoms with Gasteiger partial charge in [0.1, 0.15) is 0 Å². The molecule has 2 aliphatic rings. The smallest absolute Gasteiger partial charge is 0.0107 e. The van der Waals surface area contributed by atoms with Crippen LogP contribution in [0.4, 0.5) is 0 Å². The summed E-state index contributed by atoms with van der Waals surface area (Å²) in [4.78, 5) is 4.98. The van der Waals surface area contributed by atoms with Crippen molar-refractivity contribution >= 4 is 0 Å². The van der Waals surface area contributed by atoms with Crippen molar-refractivity contribution in [1.82, 2.24) is 15.1 Å². The molecule has 0 aromatic heterocycles. The molecule has 3 nitrogen and oxygen atoms in total. The SMILES string of the molecule is CC(NCCN(C)C1CC1)C1CCCN(C)C1. The van der Waals surface area contributed by atoms with Gasteiger partial charge in [0.05, 0.1) is 0 Å². The second-order valence-corrected chi connectivity index (χ2v) is 6.12. The predicted octanol–water partition coefficient (Wildman–Crippen LogP) is 1.40. The van der Waals surface area contributed by atoms with E-state index in [1.54, 1.807) is 0 Å². The van der Waals surface area contributed by atoms with Gasteiger partial charge in [-0.15, -0.1) is 0 Å². The first kappa shape index (κ1) is 13.3. The van der Waals surface area contributed by atoms with Crippen LogP contribution in [0.25, 0.3) is 0 Å². The van der Waals surface area contributed by atoms with Crippen LogP contribution >= 0.6 is 0 Å². The highest BCUT2D eigenvalue weighted by Crippen LogP contribution is 2.24. The van der Waals surface area contributed by atoms with Crippen molar-refractivity contribution in [3.8, 4) is 0 Å². The highest BCUT2D eigenvalue weighted by molar-refractivity contribution is 4.83. The fourth-order valence-corrected chi connectivity index (χ4v) is 2.95. The maximum absolute atomic E-state index is 3.72. The third kappa shape index (κ3) is 4.23. The van der Waals surface area contributed by atoms with Gasteiger partial charge in [0.15, 0.2) is 0 Å². The first-order valence-corrected chi connectivity index (χ1v) is 7.29. The van der Waals surface area contributed by atoms with Gasteiger partial charge in [-0.05, 0) is 59.2 Å². The third-order valence-corrected chi connectivity index (χ3v) is 4.47. The van der Waals surface area contributed by atoms with Crippen molar-refractivity contribution in [2.24, 2.45) is 5.92 Å². The van der Waals surface area contributed by atoms with Gasteiger partial charge >= 0.3 is 0 Å². The Labute approximate surface area is 107 Å². The van der Waals surface area contributed by atoms with Gasteiger partial charge in [-0.3, -0.25) is 0 Å². The van der Waals surface area contributed by atoms with E-state index in [1.807, 2.05) is 0 Å². The minimum Gasteiger partial charge on any atom is -0.313 e. The first-order chi connectivity index (χ1) is 8.16. The zero-order chi connectivity index (χ0) is 12.3. The Morgan fingerprint density at radius 3 is 2.76 bits per heavy atom. The van der Waals surface area contributed by atoms with Crippen LogP contribution in [0, 0.1) is 5.92 Å². The quantitative estimate of drug-likeness (QED) is 0.756. The molecule has 0 aromatic carbocycles. The predicted molar refractivity (Wildman–Crippen MR) is 73.3 cm³/mol. The number of hydrogen-bond donors (Lipinski definition) is 1. The zero-order valence-electron chi connectivity index (χ0n) is 11.8. The van der Waals surface area contributed by atoms with Gasteiger partial charge < -0.3 is 15.1 Å². The van der Waals surface area contributed by atoms with E-state index in [-0.39, 0.29) is 0 Å². The number of rotatable bonds is 6. The van der Waals surface area contributed by atoms with Crippen LogP contribution < -0.4 is 5.32 Å². The van der Waals surface area contributed by atoms with Crippen LogP contribution in [0.3, 0.4) is 0 Å². The van der Waals surface area contributed by atoms with Crippen molar-refractivity contribution in [3.63, 3.8) is 0 Å². The Hall–Kier alpha value is -0.120. The van der Waals surface area contributed by atoms with Crippen LogP contribution in [0.2, 0.25) is 0 Å². The van der Waals surface area contributed by atoms with E-state index in [1.165, 1.54) is 45.3 Å². The second-order valence-electron chi connectivity index (χ2n) is 6.12. The second kappa shape index (κ2) is 6.17. The molecule has 1 aliphatic carbocycles. The van der Waals surface area contributed by atoms with Crippen molar-refractivity contribution in [1.29, 1.82) is 0 Å². The Balaban J connectivity index is 1.60. The minimum absolute atomic E-state index is 0.672. The third-order valence-electron chi connectivity index (χ3n) is 4.47. The van der Waals surface area contributed by atoms with Gasteiger partial charge in [0, 0.05) is 31.7 Å². The molecule has 0 spiro atoms. The lowest BCUT2D eigenvalue weighted by molar-refractivity contribution is 0.176. The molecule has 17 heavy (non-hydrogen) atoms. The summed E-state index contributed by atoms with van der Waals surface area (Å²) in [5.41, 5.74) is 0. The molecule has 1 N–H and O–H groups in total. The Kier molecular flexibility index (Phi) is 4.83. The van der Waals surface area contributed by atoms with Crippen molar-refractivity contribution in [3.05, 3.63) is 0 Å². The fraction of sp³-hybridized carbons (Fsp3) is 1.00. The van der Waals surface area contributed by atoms with Crippen LogP contribution in [-0.4, -0.2) is 62.2 Å². The van der Waals surface area contributed by atoms with E-state index >= 15 is 0 Å². The average molecular weight is 239 g/mol. The van der Waals surface area contributed by atoms with E-state index in [4.69, 9.17) is 0 Å². The summed E-state index contributed by atoms with van der Waals surface area (Å²) in [6.45, 7) is 7.27. The van der Waals surface area contributed by atoms with E-state index in [2.05, 4.69) is 36.1 Å². The standard InChI is InChI=1S/C14H29N3/c1-12(13-5-4-9-16(2)11-13)15-8-10-17(3)14-6-7-14/h12-15H,4-11H2,1-3H3. The van der Waals surface area contributed by atoms with Crippen molar-refractivity contribution in [2.45, 2.75) is 44.7 Å². The molecule has 1 saturated heterocycles. The van der Waals surface area contributed by atoms with Crippen LogP contribution in [0.1, 0.15) is 32.6 Å². The Morgan fingerprint density at radius 2 is 2.12 bits per heavy atom. The average Bonchev–Trinajstić information content (AvgIpc) is 3.12. The monoisotopic (exact) mass is 239 g/mol. The lowest BCUT2D eigenvalue weighted by atomic mass is 9.92. The maximum atomic E-state index is 3.72. The van der Waals surface area contributed by atoms with Gasteiger partial charge in [0.25, 0.3) is 0 Å². The fourth-order valence-electron chi connectivity index (χ4n) is 2.95. The molecule has 3 heteroatoms. The number of likely N-dealkylation sites (tertiary alicyclic amines) is 1. The lowest BCUT2D eigenvalue weighted by Crippen LogP contribution is -2.44. The number of piperidine rings is 1. The molecule has 0 amide bonds. The summed E-state index contributed by atoms with van der Waals surface area (Å²) in [7, 11) is 4.51. The molecule has 2 atom stereocenters. The van der Waals surface area contributed by atoms with Gasteiger partial charge in [-0.1, -0.05) is 0 Å². The molecule has 0 bridgehead atoms. The summed E-state index contributed by atoms with van der Waals surface area (Å²) < 4.78 is 0. The number of likely N-dealkylation sites (N-methyl/N-ethyl adjacent to an activating group) is 1. The van der Waals surface area contributed by atoms with Crippen LogP contribution in [-0.2, 0) is 0 Å². The molecule has 0 radical (unpaired) electrons. The highest BCUT2D eigenvalue weighted by Gasteiger charge is 2.26.